The highest BCUT2D eigenvalue weighted by Gasteiger charge is 2.29. The van der Waals surface area contributed by atoms with Crippen LogP contribution in [0, 0.1) is 11.3 Å². The van der Waals surface area contributed by atoms with Crippen LogP contribution >= 0.6 is 0 Å². The number of carbonyl (C=O) groups is 1. The Balaban J connectivity index is 0.000000200. The summed E-state index contributed by atoms with van der Waals surface area (Å²) in [5.74, 6) is 2.06. The number of rotatable bonds is 5. The van der Waals surface area contributed by atoms with Crippen molar-refractivity contribution in [3.8, 4) is 23.1 Å². The second-order valence-electron chi connectivity index (χ2n) is 7.48. The van der Waals surface area contributed by atoms with Crippen LogP contribution < -0.4 is 10.1 Å². The van der Waals surface area contributed by atoms with Gasteiger partial charge in [-0.15, -0.1) is 0 Å². The molecule has 33 heavy (non-hydrogen) atoms. The van der Waals surface area contributed by atoms with Crippen LogP contribution in [-0.4, -0.2) is 37.9 Å². The highest BCUT2D eigenvalue weighted by Crippen LogP contribution is 2.39. The van der Waals surface area contributed by atoms with E-state index in [0.717, 1.165) is 41.1 Å². The third kappa shape index (κ3) is 5.25. The fourth-order valence-corrected chi connectivity index (χ4v) is 3.28. The molecule has 9 heteroatoms. The van der Waals surface area contributed by atoms with Gasteiger partial charge in [-0.1, -0.05) is 18.2 Å². The summed E-state index contributed by atoms with van der Waals surface area (Å²) in [6.07, 6.45) is 4.55. The van der Waals surface area contributed by atoms with Crippen molar-refractivity contribution >= 4 is 11.7 Å². The van der Waals surface area contributed by atoms with Gasteiger partial charge in [-0.05, 0) is 48.7 Å². The zero-order chi connectivity index (χ0) is 23.2. The second-order valence-corrected chi connectivity index (χ2v) is 7.48. The summed E-state index contributed by atoms with van der Waals surface area (Å²) in [6, 6.07) is 17.1. The average molecular weight is 442 g/mol. The molecule has 2 N–H and O–H groups in total. The summed E-state index contributed by atoms with van der Waals surface area (Å²) in [4.78, 5) is 18.5. The van der Waals surface area contributed by atoms with E-state index >= 15 is 0 Å². The van der Waals surface area contributed by atoms with Crippen LogP contribution in [0.4, 0.5) is 4.79 Å². The Hall–Kier alpha value is -4.45. The van der Waals surface area contributed by atoms with Crippen molar-refractivity contribution in [2.45, 2.75) is 25.3 Å². The molecule has 1 fully saturated rings. The van der Waals surface area contributed by atoms with Gasteiger partial charge >= 0.3 is 6.09 Å². The van der Waals surface area contributed by atoms with Gasteiger partial charge in [0.2, 0.25) is 0 Å². The minimum absolute atomic E-state index is 0.309. The Labute approximate surface area is 190 Å². The number of hydrogen-bond acceptors (Lipinski definition) is 6. The summed E-state index contributed by atoms with van der Waals surface area (Å²) in [5, 5.41) is 24.2. The summed E-state index contributed by atoms with van der Waals surface area (Å²) in [7, 11) is 1.64. The van der Waals surface area contributed by atoms with Crippen LogP contribution in [0.25, 0.3) is 16.9 Å². The second kappa shape index (κ2) is 9.78. The number of nitrogens with one attached hydrogen (secondary N) is 1. The molecular weight excluding hydrogens is 420 g/mol. The number of hydrogen-bond donors (Lipinski definition) is 2. The van der Waals surface area contributed by atoms with Crippen LogP contribution in [0.2, 0.25) is 0 Å². The van der Waals surface area contributed by atoms with Gasteiger partial charge in [0.1, 0.15) is 0 Å². The van der Waals surface area contributed by atoms with Crippen molar-refractivity contribution in [1.82, 2.24) is 24.9 Å². The van der Waals surface area contributed by atoms with E-state index in [1.165, 1.54) is 0 Å². The maximum atomic E-state index is 10.0. The van der Waals surface area contributed by atoms with Crippen molar-refractivity contribution in [3.63, 3.8) is 0 Å². The van der Waals surface area contributed by atoms with E-state index < -0.39 is 6.09 Å². The minimum atomic E-state index is -1.02. The van der Waals surface area contributed by atoms with Gasteiger partial charge in [0.15, 0.2) is 17.2 Å². The number of fused-ring (bicyclic) bond motifs is 1. The molecule has 0 unspecified atom stereocenters. The number of carboxylic acid groups (broad SMARTS) is 1. The van der Waals surface area contributed by atoms with Crippen LogP contribution in [0.1, 0.15) is 35.7 Å². The van der Waals surface area contributed by atoms with Crippen molar-refractivity contribution in [1.29, 1.82) is 5.26 Å². The summed E-state index contributed by atoms with van der Waals surface area (Å²) in [6.45, 7) is 0.309. The quantitative estimate of drug-likeness (QED) is 0.478. The molecule has 166 valence electrons. The van der Waals surface area contributed by atoms with E-state index in [-0.39, 0.29) is 0 Å². The van der Waals surface area contributed by atoms with Gasteiger partial charge < -0.3 is 15.2 Å². The van der Waals surface area contributed by atoms with Gasteiger partial charge in [-0.3, -0.25) is 4.98 Å². The number of pyridine rings is 2. The molecule has 0 bridgehead atoms. The maximum absolute atomic E-state index is 10.0. The molecule has 0 saturated heterocycles. The Morgan fingerprint density at radius 2 is 2.12 bits per heavy atom. The SMILES string of the molecule is COc1ccc(-c2cccc(C#N)c2)n2nc(C3CC3)nc12.O=C(O)NCc1cccnc1. The summed E-state index contributed by atoms with van der Waals surface area (Å²) < 4.78 is 7.22. The first-order valence-corrected chi connectivity index (χ1v) is 10.4. The van der Waals surface area contributed by atoms with E-state index in [2.05, 4.69) is 26.5 Å². The Morgan fingerprint density at radius 1 is 1.27 bits per heavy atom. The number of benzene rings is 1. The molecule has 3 heterocycles. The van der Waals surface area contributed by atoms with E-state index in [0.29, 0.717) is 23.8 Å². The first-order chi connectivity index (χ1) is 16.1. The fourth-order valence-electron chi connectivity index (χ4n) is 3.28. The van der Waals surface area contributed by atoms with Crippen molar-refractivity contribution in [2.24, 2.45) is 0 Å². The number of methoxy groups -OCH3 is 1. The van der Waals surface area contributed by atoms with Crippen LogP contribution in [0.3, 0.4) is 0 Å². The smallest absolute Gasteiger partial charge is 0.404 e. The number of nitriles is 1. The van der Waals surface area contributed by atoms with Crippen LogP contribution in [0.5, 0.6) is 5.75 Å². The number of amides is 1. The normalized spacial score (nSPS) is 12.4. The lowest BCUT2D eigenvalue weighted by Gasteiger charge is -2.07. The Bertz CT molecular complexity index is 1310. The molecule has 0 aliphatic heterocycles. The molecule has 0 atom stereocenters. The lowest BCUT2D eigenvalue weighted by molar-refractivity contribution is 0.194. The molecule has 5 rings (SSSR count). The van der Waals surface area contributed by atoms with E-state index in [1.807, 2.05) is 40.9 Å². The predicted molar refractivity (Wildman–Crippen MR) is 121 cm³/mol. The fraction of sp³-hybridized carbons (Fsp3) is 0.208. The third-order valence-electron chi connectivity index (χ3n) is 5.08. The molecule has 0 spiro atoms. The van der Waals surface area contributed by atoms with Crippen LogP contribution in [-0.2, 0) is 6.54 Å². The van der Waals surface area contributed by atoms with Crippen molar-refractivity contribution < 1.29 is 14.6 Å². The molecule has 1 saturated carbocycles. The molecule has 1 aliphatic carbocycles. The predicted octanol–water partition coefficient (Wildman–Crippen LogP) is 4.00. The van der Waals surface area contributed by atoms with Gasteiger partial charge in [0.25, 0.3) is 0 Å². The van der Waals surface area contributed by atoms with E-state index in [1.54, 1.807) is 31.6 Å². The zero-order valence-electron chi connectivity index (χ0n) is 18.0. The third-order valence-corrected chi connectivity index (χ3v) is 5.08. The molecule has 9 nitrogen and oxygen atoms in total. The average Bonchev–Trinajstić information content (AvgIpc) is 3.61. The van der Waals surface area contributed by atoms with E-state index in [9.17, 15) is 4.79 Å². The molecular formula is C24H22N6O3. The van der Waals surface area contributed by atoms with Gasteiger partial charge in [-0.25, -0.2) is 14.3 Å². The first kappa shape index (κ1) is 21.8. The first-order valence-electron chi connectivity index (χ1n) is 10.4. The number of nitrogens with zero attached hydrogens (tertiary/aromatic N) is 5. The maximum Gasteiger partial charge on any atom is 0.404 e. The summed E-state index contributed by atoms with van der Waals surface area (Å²) in [5.41, 5.74) is 4.06. The Kier molecular flexibility index (Phi) is 6.45. The van der Waals surface area contributed by atoms with Gasteiger partial charge in [-0.2, -0.15) is 10.4 Å². The number of ether oxygens (including phenoxy) is 1. The monoisotopic (exact) mass is 442 g/mol. The molecule has 1 aromatic carbocycles. The lowest BCUT2D eigenvalue weighted by atomic mass is 10.1. The molecule has 1 aliphatic rings. The summed E-state index contributed by atoms with van der Waals surface area (Å²) >= 11 is 0. The largest absolute Gasteiger partial charge is 0.493 e. The van der Waals surface area contributed by atoms with Crippen molar-refractivity contribution in [3.05, 3.63) is 77.9 Å². The topological polar surface area (TPSA) is 125 Å². The molecule has 1 amide bonds. The lowest BCUT2D eigenvalue weighted by Crippen LogP contribution is -2.19. The van der Waals surface area contributed by atoms with E-state index in [4.69, 9.17) is 15.1 Å². The highest BCUT2D eigenvalue weighted by atomic mass is 16.5. The minimum Gasteiger partial charge on any atom is -0.493 e. The van der Waals surface area contributed by atoms with Gasteiger partial charge in [0.05, 0.1) is 24.4 Å². The number of aromatic nitrogens is 4. The zero-order valence-corrected chi connectivity index (χ0v) is 18.0. The standard InChI is InChI=1S/C17H14N4O.C7H8N2O2/c1-22-15-8-7-14(13-4-2-3-11(9-13)10-18)21-17(15)19-16(20-21)12-5-6-12;10-7(11)9-5-6-2-1-3-8-4-6/h2-4,7-9,12H,5-6H2,1H3;1-4,9H,5H2,(H,10,11). The molecule has 4 aromatic rings. The van der Waals surface area contributed by atoms with Crippen molar-refractivity contribution in [2.75, 3.05) is 7.11 Å². The molecule has 3 aromatic heterocycles. The Morgan fingerprint density at radius 3 is 2.79 bits per heavy atom. The molecule has 0 radical (unpaired) electrons. The highest BCUT2D eigenvalue weighted by molar-refractivity contribution is 5.68. The van der Waals surface area contributed by atoms with Gasteiger partial charge in [0, 0.05) is 30.4 Å². The van der Waals surface area contributed by atoms with Crippen LogP contribution in [0.15, 0.2) is 60.9 Å².